The van der Waals surface area contributed by atoms with Crippen LogP contribution < -0.4 is 5.32 Å². The smallest absolute Gasteiger partial charge is 0.219 e. The minimum Gasteiger partial charge on any atom is -0.342 e. The van der Waals surface area contributed by atoms with E-state index in [1.165, 1.54) is 6.42 Å². The SMILES string of the molecule is CC(=O)N1CC2(CCNC2)C1. The molecule has 2 saturated heterocycles. The van der Waals surface area contributed by atoms with Gasteiger partial charge in [0, 0.05) is 32.0 Å². The van der Waals surface area contributed by atoms with Crippen molar-refractivity contribution in [2.24, 2.45) is 5.41 Å². The summed E-state index contributed by atoms with van der Waals surface area (Å²) in [6, 6.07) is 0. The zero-order valence-electron chi connectivity index (χ0n) is 6.89. The molecular formula is C8H14N2O. The molecule has 0 unspecified atom stereocenters. The predicted molar refractivity (Wildman–Crippen MR) is 42.2 cm³/mol. The Morgan fingerprint density at radius 1 is 1.55 bits per heavy atom. The first-order valence-electron chi connectivity index (χ1n) is 4.18. The van der Waals surface area contributed by atoms with Gasteiger partial charge in [0.05, 0.1) is 0 Å². The first-order valence-corrected chi connectivity index (χ1v) is 4.18. The molecule has 2 fully saturated rings. The van der Waals surface area contributed by atoms with Crippen LogP contribution in [0.2, 0.25) is 0 Å². The van der Waals surface area contributed by atoms with Crippen LogP contribution in [0.3, 0.4) is 0 Å². The second kappa shape index (κ2) is 2.21. The minimum absolute atomic E-state index is 0.225. The molecule has 1 spiro atoms. The number of carbonyl (C=O) groups is 1. The van der Waals surface area contributed by atoms with Crippen LogP contribution >= 0.6 is 0 Å². The Bertz CT molecular complexity index is 177. The predicted octanol–water partition coefficient (Wildman–Crippen LogP) is -0.172. The highest BCUT2D eigenvalue weighted by Crippen LogP contribution is 2.35. The average molecular weight is 154 g/mol. The second-order valence-corrected chi connectivity index (χ2v) is 3.80. The lowest BCUT2D eigenvalue weighted by molar-refractivity contribution is -0.139. The third kappa shape index (κ3) is 1.03. The summed E-state index contributed by atoms with van der Waals surface area (Å²) < 4.78 is 0. The van der Waals surface area contributed by atoms with Crippen LogP contribution in [0, 0.1) is 5.41 Å². The van der Waals surface area contributed by atoms with Crippen molar-refractivity contribution in [1.82, 2.24) is 10.2 Å². The van der Waals surface area contributed by atoms with Gasteiger partial charge in [-0.1, -0.05) is 0 Å². The second-order valence-electron chi connectivity index (χ2n) is 3.80. The highest BCUT2D eigenvalue weighted by atomic mass is 16.2. The fraction of sp³-hybridized carbons (Fsp3) is 0.875. The highest BCUT2D eigenvalue weighted by molar-refractivity contribution is 5.74. The van der Waals surface area contributed by atoms with E-state index in [-0.39, 0.29) is 5.91 Å². The van der Waals surface area contributed by atoms with Crippen LogP contribution in [-0.4, -0.2) is 37.0 Å². The van der Waals surface area contributed by atoms with Gasteiger partial charge >= 0.3 is 0 Å². The van der Waals surface area contributed by atoms with Crippen molar-refractivity contribution in [3.8, 4) is 0 Å². The molecule has 3 heteroatoms. The third-order valence-electron chi connectivity index (χ3n) is 2.83. The van der Waals surface area contributed by atoms with Crippen molar-refractivity contribution in [3.63, 3.8) is 0 Å². The molecule has 0 atom stereocenters. The van der Waals surface area contributed by atoms with Crippen LogP contribution in [0.15, 0.2) is 0 Å². The average Bonchev–Trinajstić information content (AvgIpc) is 2.29. The largest absolute Gasteiger partial charge is 0.342 e. The molecule has 0 bridgehead atoms. The maximum Gasteiger partial charge on any atom is 0.219 e. The van der Waals surface area contributed by atoms with E-state index < -0.39 is 0 Å². The molecule has 3 nitrogen and oxygen atoms in total. The van der Waals surface area contributed by atoms with Gasteiger partial charge in [0.25, 0.3) is 0 Å². The minimum atomic E-state index is 0.225. The zero-order chi connectivity index (χ0) is 7.90. The van der Waals surface area contributed by atoms with Gasteiger partial charge in [-0.05, 0) is 13.0 Å². The van der Waals surface area contributed by atoms with Gasteiger partial charge in [-0.15, -0.1) is 0 Å². The number of carbonyl (C=O) groups excluding carboxylic acids is 1. The van der Waals surface area contributed by atoms with Crippen molar-refractivity contribution in [2.45, 2.75) is 13.3 Å². The first kappa shape index (κ1) is 7.10. The lowest BCUT2D eigenvalue weighted by Crippen LogP contribution is -2.58. The maximum absolute atomic E-state index is 10.9. The van der Waals surface area contributed by atoms with Gasteiger partial charge in [-0.25, -0.2) is 0 Å². The lowest BCUT2D eigenvalue weighted by atomic mass is 9.79. The summed E-state index contributed by atoms with van der Waals surface area (Å²) >= 11 is 0. The molecule has 2 rings (SSSR count). The molecule has 62 valence electrons. The van der Waals surface area contributed by atoms with Gasteiger partial charge in [0.15, 0.2) is 0 Å². The molecule has 2 aliphatic rings. The van der Waals surface area contributed by atoms with Crippen LogP contribution in [0.1, 0.15) is 13.3 Å². The molecule has 0 aromatic carbocycles. The standard InChI is InChI=1S/C8H14N2O/c1-7(11)10-5-8(6-10)2-3-9-4-8/h9H,2-6H2,1H3. The van der Waals surface area contributed by atoms with E-state index in [4.69, 9.17) is 0 Å². The van der Waals surface area contributed by atoms with Crippen LogP contribution in [0.5, 0.6) is 0 Å². The maximum atomic E-state index is 10.9. The Labute approximate surface area is 66.8 Å². The monoisotopic (exact) mass is 154 g/mol. The quantitative estimate of drug-likeness (QED) is 0.525. The lowest BCUT2D eigenvalue weighted by Gasteiger charge is -2.47. The molecule has 0 aromatic heterocycles. The van der Waals surface area contributed by atoms with Crippen LogP contribution in [0.25, 0.3) is 0 Å². The van der Waals surface area contributed by atoms with E-state index in [0.29, 0.717) is 5.41 Å². The number of likely N-dealkylation sites (tertiary alicyclic amines) is 1. The molecule has 11 heavy (non-hydrogen) atoms. The summed E-state index contributed by atoms with van der Waals surface area (Å²) in [4.78, 5) is 12.8. The molecule has 2 heterocycles. The van der Waals surface area contributed by atoms with Crippen molar-refractivity contribution in [2.75, 3.05) is 26.2 Å². The van der Waals surface area contributed by atoms with Gasteiger partial charge in [-0.2, -0.15) is 0 Å². The van der Waals surface area contributed by atoms with Crippen LogP contribution in [0.4, 0.5) is 0 Å². The Hall–Kier alpha value is -0.570. The van der Waals surface area contributed by atoms with Crippen molar-refractivity contribution in [1.29, 1.82) is 0 Å². The molecule has 1 N–H and O–H groups in total. The van der Waals surface area contributed by atoms with E-state index in [9.17, 15) is 4.79 Å². The summed E-state index contributed by atoms with van der Waals surface area (Å²) in [5, 5.41) is 3.34. The van der Waals surface area contributed by atoms with E-state index in [2.05, 4.69) is 5.32 Å². The topological polar surface area (TPSA) is 32.3 Å². The van der Waals surface area contributed by atoms with E-state index in [1.807, 2.05) is 4.90 Å². The van der Waals surface area contributed by atoms with Crippen molar-refractivity contribution >= 4 is 5.91 Å². The van der Waals surface area contributed by atoms with Crippen molar-refractivity contribution < 1.29 is 4.79 Å². The fourth-order valence-electron chi connectivity index (χ4n) is 2.05. The van der Waals surface area contributed by atoms with Gasteiger partial charge < -0.3 is 10.2 Å². The Kier molecular flexibility index (Phi) is 1.42. The first-order chi connectivity index (χ1) is 5.22. The Balaban J connectivity index is 1.91. The van der Waals surface area contributed by atoms with Gasteiger partial charge in [0.1, 0.15) is 0 Å². The molecule has 0 saturated carbocycles. The number of hydrogen-bond acceptors (Lipinski definition) is 2. The van der Waals surface area contributed by atoms with E-state index >= 15 is 0 Å². The number of rotatable bonds is 0. The molecule has 0 aliphatic carbocycles. The molecule has 0 aromatic rings. The van der Waals surface area contributed by atoms with Gasteiger partial charge in [-0.3, -0.25) is 4.79 Å². The summed E-state index contributed by atoms with van der Waals surface area (Å²) in [5.74, 6) is 0.225. The Morgan fingerprint density at radius 2 is 2.27 bits per heavy atom. The highest BCUT2D eigenvalue weighted by Gasteiger charge is 2.45. The fourth-order valence-corrected chi connectivity index (χ4v) is 2.05. The Morgan fingerprint density at radius 3 is 2.73 bits per heavy atom. The van der Waals surface area contributed by atoms with E-state index in [0.717, 1.165) is 26.2 Å². The molecule has 1 amide bonds. The number of amides is 1. The summed E-state index contributed by atoms with van der Waals surface area (Å²) in [5.41, 5.74) is 0.464. The third-order valence-corrected chi connectivity index (χ3v) is 2.83. The van der Waals surface area contributed by atoms with Gasteiger partial charge in [0.2, 0.25) is 5.91 Å². The molecule has 2 aliphatic heterocycles. The van der Waals surface area contributed by atoms with E-state index in [1.54, 1.807) is 6.92 Å². The molecule has 0 radical (unpaired) electrons. The van der Waals surface area contributed by atoms with Crippen LogP contribution in [-0.2, 0) is 4.79 Å². The zero-order valence-corrected chi connectivity index (χ0v) is 6.89. The summed E-state index contributed by atoms with van der Waals surface area (Å²) in [6.45, 7) is 5.85. The summed E-state index contributed by atoms with van der Waals surface area (Å²) in [6.07, 6.45) is 1.25. The number of nitrogens with zero attached hydrogens (tertiary/aromatic N) is 1. The molecular weight excluding hydrogens is 140 g/mol. The number of nitrogens with one attached hydrogen (secondary N) is 1. The number of hydrogen-bond donors (Lipinski definition) is 1. The normalized spacial score (nSPS) is 27.2. The summed E-state index contributed by atoms with van der Waals surface area (Å²) in [7, 11) is 0. The van der Waals surface area contributed by atoms with Crippen molar-refractivity contribution in [3.05, 3.63) is 0 Å².